The summed E-state index contributed by atoms with van der Waals surface area (Å²) in [5.41, 5.74) is 7.81. The van der Waals surface area contributed by atoms with Gasteiger partial charge in [0.15, 0.2) is 0 Å². The van der Waals surface area contributed by atoms with Crippen LogP contribution >= 0.6 is 0 Å². The van der Waals surface area contributed by atoms with Gasteiger partial charge in [-0.1, -0.05) is 45.9 Å². The molecule has 1 aromatic carbocycles. The molecule has 1 N–H and O–H groups in total. The monoisotopic (exact) mass is 324 g/mol. The van der Waals surface area contributed by atoms with Gasteiger partial charge in [-0.15, -0.1) is 0 Å². The van der Waals surface area contributed by atoms with Crippen molar-refractivity contribution in [3.8, 4) is 0 Å². The minimum absolute atomic E-state index is 0.170. The Hall–Kier alpha value is -1.83. The molecule has 2 nitrogen and oxygen atoms in total. The van der Waals surface area contributed by atoms with Crippen LogP contribution in [0, 0.1) is 6.92 Å². The standard InChI is InChI=1S/C22H28O2/c1-14-11-18-19(22(4,5)10-9-21(18,2)3)13-17(14)16-8-6-7-15(16)12-20(23)24/h8,11-13H,6-7,9-10H2,1-5H3,(H,23,24). The lowest BCUT2D eigenvalue weighted by Gasteiger charge is -2.42. The lowest BCUT2D eigenvalue weighted by molar-refractivity contribution is -0.131. The molecule has 0 saturated heterocycles. The maximum absolute atomic E-state index is 11.1. The highest BCUT2D eigenvalue weighted by Crippen LogP contribution is 2.48. The third-order valence-corrected chi connectivity index (χ3v) is 5.89. The van der Waals surface area contributed by atoms with E-state index in [4.69, 9.17) is 5.11 Å². The number of rotatable bonds is 2. The van der Waals surface area contributed by atoms with Gasteiger partial charge in [-0.3, -0.25) is 0 Å². The third kappa shape index (κ3) is 2.83. The van der Waals surface area contributed by atoms with Gasteiger partial charge in [0.2, 0.25) is 0 Å². The van der Waals surface area contributed by atoms with Gasteiger partial charge in [-0.05, 0) is 76.8 Å². The normalized spacial score (nSPS) is 23.0. The van der Waals surface area contributed by atoms with Crippen LogP contribution in [0.25, 0.3) is 5.57 Å². The number of carboxylic acid groups (broad SMARTS) is 1. The number of allylic oxidation sites excluding steroid dienone is 3. The van der Waals surface area contributed by atoms with Crippen LogP contribution in [0.3, 0.4) is 0 Å². The summed E-state index contributed by atoms with van der Waals surface area (Å²) in [7, 11) is 0. The first kappa shape index (κ1) is 17.0. The molecular formula is C22H28O2. The van der Waals surface area contributed by atoms with Crippen molar-refractivity contribution < 1.29 is 9.90 Å². The maximum atomic E-state index is 11.1. The average Bonchev–Trinajstić information content (AvgIpc) is 2.91. The molecule has 0 aromatic heterocycles. The van der Waals surface area contributed by atoms with Crippen LogP contribution in [0.2, 0.25) is 0 Å². The van der Waals surface area contributed by atoms with Crippen molar-refractivity contribution >= 4 is 11.5 Å². The van der Waals surface area contributed by atoms with Crippen LogP contribution in [-0.4, -0.2) is 11.1 Å². The molecule has 0 spiro atoms. The van der Waals surface area contributed by atoms with E-state index in [2.05, 4.69) is 52.8 Å². The Labute approximate surface area is 145 Å². The molecule has 24 heavy (non-hydrogen) atoms. The van der Waals surface area contributed by atoms with E-state index in [0.29, 0.717) is 0 Å². The molecule has 2 aliphatic carbocycles. The summed E-state index contributed by atoms with van der Waals surface area (Å²) in [4.78, 5) is 11.1. The van der Waals surface area contributed by atoms with Gasteiger partial charge in [-0.2, -0.15) is 0 Å². The lowest BCUT2D eigenvalue weighted by atomic mass is 9.62. The quantitative estimate of drug-likeness (QED) is 0.726. The first-order valence-electron chi connectivity index (χ1n) is 8.92. The van der Waals surface area contributed by atoms with Gasteiger partial charge in [0.1, 0.15) is 0 Å². The fraction of sp³-hybridized carbons (Fsp3) is 0.500. The van der Waals surface area contributed by atoms with Gasteiger partial charge in [0, 0.05) is 6.08 Å². The maximum Gasteiger partial charge on any atom is 0.328 e. The Morgan fingerprint density at radius 2 is 1.67 bits per heavy atom. The second kappa shape index (κ2) is 5.61. The summed E-state index contributed by atoms with van der Waals surface area (Å²) in [5, 5.41) is 9.15. The van der Waals surface area contributed by atoms with E-state index in [1.54, 1.807) is 0 Å². The number of carbonyl (C=O) groups is 1. The first-order chi connectivity index (χ1) is 11.1. The summed E-state index contributed by atoms with van der Waals surface area (Å²) >= 11 is 0. The Morgan fingerprint density at radius 1 is 1.08 bits per heavy atom. The van der Waals surface area contributed by atoms with E-state index in [9.17, 15) is 4.79 Å². The van der Waals surface area contributed by atoms with Crippen molar-refractivity contribution in [1.29, 1.82) is 0 Å². The van der Waals surface area contributed by atoms with Gasteiger partial charge in [-0.25, -0.2) is 4.79 Å². The van der Waals surface area contributed by atoms with Crippen LogP contribution in [-0.2, 0) is 15.6 Å². The van der Waals surface area contributed by atoms with Gasteiger partial charge >= 0.3 is 5.97 Å². The number of benzene rings is 1. The molecule has 0 unspecified atom stereocenters. The van der Waals surface area contributed by atoms with Crippen molar-refractivity contribution in [2.24, 2.45) is 0 Å². The average molecular weight is 324 g/mol. The molecule has 3 rings (SSSR count). The van der Waals surface area contributed by atoms with E-state index in [0.717, 1.165) is 24.0 Å². The Bertz CT molecular complexity index is 760. The first-order valence-corrected chi connectivity index (χ1v) is 8.92. The second-order valence-electron chi connectivity index (χ2n) is 8.64. The van der Waals surface area contributed by atoms with Crippen molar-refractivity contribution in [3.63, 3.8) is 0 Å². The number of fused-ring (bicyclic) bond motifs is 1. The lowest BCUT2D eigenvalue weighted by Crippen LogP contribution is -2.34. The number of hydrogen-bond acceptors (Lipinski definition) is 1. The molecule has 0 heterocycles. The van der Waals surface area contributed by atoms with Crippen LogP contribution in [0.4, 0.5) is 0 Å². The molecule has 0 aliphatic heterocycles. The predicted molar refractivity (Wildman–Crippen MR) is 99.4 cm³/mol. The van der Waals surface area contributed by atoms with Crippen LogP contribution in [0.15, 0.2) is 29.9 Å². The van der Waals surface area contributed by atoms with E-state index >= 15 is 0 Å². The fourth-order valence-electron chi connectivity index (χ4n) is 4.23. The highest BCUT2D eigenvalue weighted by Gasteiger charge is 2.37. The molecular weight excluding hydrogens is 296 g/mol. The molecule has 0 amide bonds. The van der Waals surface area contributed by atoms with Crippen molar-refractivity contribution in [2.75, 3.05) is 0 Å². The summed E-state index contributed by atoms with van der Waals surface area (Å²) in [6, 6.07) is 4.70. The number of aliphatic carboxylic acids is 1. The highest BCUT2D eigenvalue weighted by molar-refractivity contribution is 5.91. The van der Waals surface area contributed by atoms with Gasteiger partial charge in [0.05, 0.1) is 0 Å². The van der Waals surface area contributed by atoms with Gasteiger partial charge < -0.3 is 5.11 Å². The van der Waals surface area contributed by atoms with E-state index in [1.165, 1.54) is 41.2 Å². The third-order valence-electron chi connectivity index (χ3n) is 5.89. The minimum atomic E-state index is -0.852. The smallest absolute Gasteiger partial charge is 0.328 e. The highest BCUT2D eigenvalue weighted by atomic mass is 16.4. The number of aryl methyl sites for hydroxylation is 1. The molecule has 0 atom stereocenters. The second-order valence-corrected chi connectivity index (χ2v) is 8.64. The Balaban J connectivity index is 2.17. The van der Waals surface area contributed by atoms with Crippen LogP contribution in [0.5, 0.6) is 0 Å². The SMILES string of the molecule is Cc1cc2c(cc1C1=CCCC1=CC(=O)O)C(C)(C)CCC2(C)C. The zero-order valence-corrected chi connectivity index (χ0v) is 15.5. The summed E-state index contributed by atoms with van der Waals surface area (Å²) in [6.07, 6.45) is 7.73. The van der Waals surface area contributed by atoms with E-state index in [-0.39, 0.29) is 10.8 Å². The van der Waals surface area contributed by atoms with E-state index < -0.39 is 5.97 Å². The summed E-state index contributed by atoms with van der Waals surface area (Å²) in [6.45, 7) is 11.5. The molecule has 0 fully saturated rings. The molecule has 0 saturated carbocycles. The van der Waals surface area contributed by atoms with Crippen molar-refractivity contribution in [1.82, 2.24) is 0 Å². The molecule has 1 aromatic rings. The van der Waals surface area contributed by atoms with E-state index in [1.807, 2.05) is 0 Å². The van der Waals surface area contributed by atoms with Crippen molar-refractivity contribution in [3.05, 3.63) is 52.1 Å². The minimum Gasteiger partial charge on any atom is -0.478 e. The predicted octanol–water partition coefficient (Wildman–Crippen LogP) is 5.53. The molecule has 0 bridgehead atoms. The number of hydrogen-bond donors (Lipinski definition) is 1. The molecule has 2 heteroatoms. The molecule has 0 radical (unpaired) electrons. The largest absolute Gasteiger partial charge is 0.478 e. The molecule has 128 valence electrons. The fourth-order valence-corrected chi connectivity index (χ4v) is 4.23. The zero-order chi connectivity index (χ0) is 17.7. The summed E-state index contributed by atoms with van der Waals surface area (Å²) < 4.78 is 0. The van der Waals surface area contributed by atoms with Crippen LogP contribution in [0.1, 0.15) is 75.6 Å². The van der Waals surface area contributed by atoms with Gasteiger partial charge in [0.25, 0.3) is 0 Å². The van der Waals surface area contributed by atoms with Crippen LogP contribution < -0.4 is 0 Å². The van der Waals surface area contributed by atoms with Crippen molar-refractivity contribution in [2.45, 2.75) is 71.1 Å². The zero-order valence-electron chi connectivity index (χ0n) is 15.5. The Morgan fingerprint density at radius 3 is 2.25 bits per heavy atom. The summed E-state index contributed by atoms with van der Waals surface area (Å²) in [5.74, 6) is -0.852. The number of carboxylic acids is 1. The Kier molecular flexibility index (Phi) is 3.98. The molecule has 2 aliphatic rings. The topological polar surface area (TPSA) is 37.3 Å².